The van der Waals surface area contributed by atoms with Crippen molar-refractivity contribution in [3.8, 4) is 11.1 Å². The standard InChI is InChI=1S/C18H11Br2F6NO2/c1-6(28)8-3-11(17(21,22)23)9(4-12(8)19)10-5-13(20)14(7(2)29)16(27)15(10)18(24,25)26/h3-5H,27H2,1-2H3. The summed E-state index contributed by atoms with van der Waals surface area (Å²) < 4.78 is 81.9. The SMILES string of the molecule is CC(=O)c1cc(C(F)(F)F)c(-c2cc(Br)c(C(C)=O)c(N)c2C(F)(F)F)cc1Br. The number of Topliss-reactive ketones (excluding diaryl/α,β-unsaturated/α-hetero) is 2. The van der Waals surface area contributed by atoms with Gasteiger partial charge in [-0.2, -0.15) is 26.3 Å². The topological polar surface area (TPSA) is 60.2 Å². The van der Waals surface area contributed by atoms with Gasteiger partial charge < -0.3 is 5.73 Å². The van der Waals surface area contributed by atoms with Gasteiger partial charge in [-0.15, -0.1) is 0 Å². The fraction of sp³-hybridized carbons (Fsp3) is 0.222. The van der Waals surface area contributed by atoms with Crippen LogP contribution in [0.2, 0.25) is 0 Å². The molecule has 0 heterocycles. The Morgan fingerprint density at radius 2 is 1.34 bits per heavy atom. The molecular formula is C18H11Br2F6NO2. The van der Waals surface area contributed by atoms with Crippen LogP contribution in [0, 0.1) is 0 Å². The third-order valence-corrected chi connectivity index (χ3v) is 5.32. The molecule has 0 radical (unpaired) electrons. The van der Waals surface area contributed by atoms with Gasteiger partial charge in [-0.05, 0) is 59.1 Å². The number of hydrogen-bond donors (Lipinski definition) is 1. The number of carbonyl (C=O) groups is 2. The lowest BCUT2D eigenvalue weighted by Crippen LogP contribution is -2.17. The number of hydrogen-bond acceptors (Lipinski definition) is 3. The number of alkyl halides is 6. The van der Waals surface area contributed by atoms with Crippen molar-refractivity contribution in [1.82, 2.24) is 0 Å². The number of benzene rings is 2. The second-order valence-corrected chi connectivity index (χ2v) is 7.76. The van der Waals surface area contributed by atoms with E-state index in [1.165, 1.54) is 0 Å². The molecule has 2 aromatic rings. The minimum absolute atomic E-state index is 0.119. The Balaban J connectivity index is 3.07. The molecule has 0 spiro atoms. The van der Waals surface area contributed by atoms with Crippen molar-refractivity contribution < 1.29 is 35.9 Å². The van der Waals surface area contributed by atoms with E-state index in [2.05, 4.69) is 31.9 Å². The maximum atomic E-state index is 13.8. The van der Waals surface area contributed by atoms with Gasteiger partial charge >= 0.3 is 12.4 Å². The number of ketones is 2. The molecule has 29 heavy (non-hydrogen) atoms. The average molecular weight is 547 g/mol. The van der Waals surface area contributed by atoms with Crippen molar-refractivity contribution in [3.63, 3.8) is 0 Å². The van der Waals surface area contributed by atoms with Gasteiger partial charge in [0.1, 0.15) is 0 Å². The number of halogens is 8. The van der Waals surface area contributed by atoms with E-state index >= 15 is 0 Å². The molecule has 3 nitrogen and oxygen atoms in total. The van der Waals surface area contributed by atoms with Crippen LogP contribution in [0.3, 0.4) is 0 Å². The van der Waals surface area contributed by atoms with Gasteiger partial charge in [0.05, 0.1) is 22.4 Å². The van der Waals surface area contributed by atoms with Crippen LogP contribution in [0.15, 0.2) is 27.1 Å². The molecule has 0 amide bonds. The Labute approximate surface area is 177 Å². The number of rotatable bonds is 3. The van der Waals surface area contributed by atoms with Crippen LogP contribution in [0.25, 0.3) is 11.1 Å². The van der Waals surface area contributed by atoms with E-state index < -0.39 is 57.4 Å². The highest BCUT2D eigenvalue weighted by molar-refractivity contribution is 9.10. The van der Waals surface area contributed by atoms with Crippen molar-refractivity contribution in [3.05, 3.63) is 49.4 Å². The summed E-state index contributed by atoms with van der Waals surface area (Å²) in [4.78, 5) is 23.3. The highest BCUT2D eigenvalue weighted by Crippen LogP contribution is 2.48. The molecule has 0 aliphatic carbocycles. The van der Waals surface area contributed by atoms with Gasteiger partial charge in [0.15, 0.2) is 11.6 Å². The summed E-state index contributed by atoms with van der Waals surface area (Å²) in [5, 5.41) is 0. The Morgan fingerprint density at radius 1 is 0.828 bits per heavy atom. The summed E-state index contributed by atoms with van der Waals surface area (Å²) >= 11 is 5.84. The number of nitrogens with two attached hydrogens (primary N) is 1. The maximum Gasteiger partial charge on any atom is 0.419 e. The fourth-order valence-corrected chi connectivity index (χ4v) is 4.19. The van der Waals surface area contributed by atoms with Crippen LogP contribution in [0.4, 0.5) is 32.0 Å². The van der Waals surface area contributed by atoms with Gasteiger partial charge in [-0.25, -0.2) is 0 Å². The van der Waals surface area contributed by atoms with Crippen molar-refractivity contribution in [2.24, 2.45) is 0 Å². The monoisotopic (exact) mass is 545 g/mol. The molecule has 0 saturated heterocycles. The van der Waals surface area contributed by atoms with Gasteiger partial charge in [0.25, 0.3) is 0 Å². The van der Waals surface area contributed by atoms with Crippen LogP contribution >= 0.6 is 31.9 Å². The van der Waals surface area contributed by atoms with E-state index in [1.54, 1.807) is 0 Å². The number of nitrogen functional groups attached to an aromatic ring is 1. The molecule has 0 aliphatic rings. The molecule has 2 N–H and O–H groups in total. The van der Waals surface area contributed by atoms with Crippen molar-refractivity contribution in [2.75, 3.05) is 5.73 Å². The van der Waals surface area contributed by atoms with Crippen molar-refractivity contribution in [2.45, 2.75) is 26.2 Å². The first-order chi connectivity index (χ1) is 13.1. The largest absolute Gasteiger partial charge is 0.419 e. The summed E-state index contributed by atoms with van der Waals surface area (Å²) in [5.41, 5.74) is -1.00. The molecule has 156 valence electrons. The van der Waals surface area contributed by atoms with Crippen molar-refractivity contribution >= 4 is 49.1 Å². The third-order valence-electron chi connectivity index (χ3n) is 4.04. The minimum Gasteiger partial charge on any atom is -0.398 e. The molecule has 0 aliphatic heterocycles. The number of carbonyl (C=O) groups excluding carboxylic acids is 2. The van der Waals surface area contributed by atoms with Crippen LogP contribution < -0.4 is 5.73 Å². The molecule has 2 rings (SSSR count). The lowest BCUT2D eigenvalue weighted by Gasteiger charge is -2.22. The summed E-state index contributed by atoms with van der Waals surface area (Å²) in [6.07, 6.45) is -10.2. The molecule has 2 aromatic carbocycles. The predicted molar refractivity (Wildman–Crippen MR) is 102 cm³/mol. The maximum absolute atomic E-state index is 13.8. The fourth-order valence-electron chi connectivity index (χ4n) is 2.85. The summed E-state index contributed by atoms with van der Waals surface area (Å²) in [7, 11) is 0. The highest BCUT2D eigenvalue weighted by Gasteiger charge is 2.42. The molecule has 0 unspecified atom stereocenters. The Hall–Kier alpha value is -1.88. The second-order valence-electron chi connectivity index (χ2n) is 6.06. The quantitative estimate of drug-likeness (QED) is 0.259. The lowest BCUT2D eigenvalue weighted by atomic mass is 9.89. The van der Waals surface area contributed by atoms with E-state index in [0.717, 1.165) is 26.0 Å². The minimum atomic E-state index is -5.15. The normalized spacial score (nSPS) is 12.2. The molecule has 11 heteroatoms. The van der Waals surface area contributed by atoms with Gasteiger partial charge in [0, 0.05) is 14.5 Å². The van der Waals surface area contributed by atoms with E-state index in [0.29, 0.717) is 6.07 Å². The molecular weight excluding hydrogens is 536 g/mol. The van der Waals surface area contributed by atoms with Gasteiger partial charge in [-0.3, -0.25) is 9.59 Å². The van der Waals surface area contributed by atoms with Crippen LogP contribution in [0.5, 0.6) is 0 Å². The molecule has 0 fully saturated rings. The Bertz CT molecular complexity index is 1030. The summed E-state index contributed by atoms with van der Waals surface area (Å²) in [6, 6.07) is 2.02. The van der Waals surface area contributed by atoms with Crippen LogP contribution in [0.1, 0.15) is 45.7 Å². The zero-order valence-electron chi connectivity index (χ0n) is 14.6. The highest BCUT2D eigenvalue weighted by atomic mass is 79.9. The smallest absolute Gasteiger partial charge is 0.398 e. The van der Waals surface area contributed by atoms with Crippen molar-refractivity contribution in [1.29, 1.82) is 0 Å². The Morgan fingerprint density at radius 3 is 1.76 bits per heavy atom. The third kappa shape index (κ3) is 4.50. The zero-order chi connectivity index (χ0) is 22.5. The molecule has 0 saturated carbocycles. The van der Waals surface area contributed by atoms with Gasteiger partial charge in [-0.1, -0.05) is 15.9 Å². The summed E-state index contributed by atoms with van der Waals surface area (Å²) in [6.45, 7) is 2.01. The van der Waals surface area contributed by atoms with E-state index in [9.17, 15) is 35.9 Å². The van der Waals surface area contributed by atoms with E-state index in [1.807, 2.05) is 0 Å². The van der Waals surface area contributed by atoms with E-state index in [-0.39, 0.29) is 14.5 Å². The first kappa shape index (κ1) is 23.4. The second kappa shape index (κ2) is 7.75. The summed E-state index contributed by atoms with van der Waals surface area (Å²) in [5.74, 6) is -1.51. The molecule has 0 bridgehead atoms. The lowest BCUT2D eigenvalue weighted by molar-refractivity contribution is -0.139. The first-order valence-corrected chi connectivity index (χ1v) is 9.28. The molecule has 0 atom stereocenters. The number of anilines is 1. The average Bonchev–Trinajstić information content (AvgIpc) is 2.50. The first-order valence-electron chi connectivity index (χ1n) is 7.69. The Kier molecular flexibility index (Phi) is 6.25. The molecule has 0 aromatic heterocycles. The van der Waals surface area contributed by atoms with Crippen LogP contribution in [-0.4, -0.2) is 11.6 Å². The zero-order valence-corrected chi connectivity index (χ0v) is 17.8. The predicted octanol–water partition coefficient (Wildman–Crippen LogP) is 6.90. The van der Waals surface area contributed by atoms with E-state index in [4.69, 9.17) is 5.73 Å². The van der Waals surface area contributed by atoms with Gasteiger partial charge in [0.2, 0.25) is 0 Å². The van der Waals surface area contributed by atoms with Crippen LogP contribution in [-0.2, 0) is 12.4 Å².